The van der Waals surface area contributed by atoms with E-state index < -0.39 is 0 Å². The van der Waals surface area contributed by atoms with E-state index >= 15 is 0 Å². The first-order valence-corrected chi connectivity index (χ1v) is 12.8. The predicted molar refractivity (Wildman–Crippen MR) is 144 cm³/mol. The Morgan fingerprint density at radius 2 is 1.61 bits per heavy atom. The smallest absolute Gasteiger partial charge is 0.277 e. The number of rotatable bonds is 7. The van der Waals surface area contributed by atoms with E-state index in [9.17, 15) is 4.79 Å². The molecular formula is C28H28BrN5O2. The third-order valence-electron chi connectivity index (χ3n) is 6.33. The first kappa shape index (κ1) is 24.2. The Bertz CT molecular complexity index is 1300. The van der Waals surface area contributed by atoms with Crippen molar-refractivity contribution in [3.8, 4) is 16.9 Å². The van der Waals surface area contributed by atoms with Crippen molar-refractivity contribution in [3.63, 3.8) is 0 Å². The van der Waals surface area contributed by atoms with Gasteiger partial charge >= 0.3 is 0 Å². The van der Waals surface area contributed by atoms with E-state index in [4.69, 9.17) is 4.74 Å². The van der Waals surface area contributed by atoms with Gasteiger partial charge in [0.15, 0.2) is 5.69 Å². The number of ether oxygens (including phenoxy) is 1. The summed E-state index contributed by atoms with van der Waals surface area (Å²) < 4.78 is 8.82. The van der Waals surface area contributed by atoms with Gasteiger partial charge in [0.05, 0.1) is 12.7 Å². The van der Waals surface area contributed by atoms with Crippen molar-refractivity contribution in [2.75, 3.05) is 25.5 Å². The van der Waals surface area contributed by atoms with E-state index in [1.54, 1.807) is 10.9 Å². The molecule has 0 atom stereocenters. The quantitative estimate of drug-likeness (QED) is 0.333. The van der Waals surface area contributed by atoms with Crippen LogP contribution in [0.1, 0.15) is 28.9 Å². The van der Waals surface area contributed by atoms with Gasteiger partial charge in [0.2, 0.25) is 0 Å². The average molecular weight is 546 g/mol. The molecule has 2 heterocycles. The maximum atomic E-state index is 12.6. The number of halogens is 1. The highest BCUT2D eigenvalue weighted by Crippen LogP contribution is 2.26. The van der Waals surface area contributed by atoms with Crippen LogP contribution >= 0.6 is 15.9 Å². The van der Waals surface area contributed by atoms with Crippen molar-refractivity contribution in [3.05, 3.63) is 94.7 Å². The molecule has 1 saturated heterocycles. The third-order valence-corrected chi connectivity index (χ3v) is 6.86. The van der Waals surface area contributed by atoms with E-state index in [-0.39, 0.29) is 17.7 Å². The first-order chi connectivity index (χ1) is 17.5. The second-order valence-corrected chi connectivity index (χ2v) is 10.0. The Kier molecular flexibility index (Phi) is 7.44. The summed E-state index contributed by atoms with van der Waals surface area (Å²) in [5, 5.41) is 11.0. The largest absolute Gasteiger partial charge is 0.490 e. The van der Waals surface area contributed by atoms with E-state index in [0.717, 1.165) is 52.8 Å². The SMILES string of the molecule is CN1CCC(Oc2ccc(-c3ccc(NC(=O)c4cn(Cc5ccc(Br)cc5)nn4)cc3)cc2)CC1. The minimum absolute atomic E-state index is 0.274. The lowest BCUT2D eigenvalue weighted by atomic mass is 10.0. The van der Waals surface area contributed by atoms with Crippen molar-refractivity contribution in [1.82, 2.24) is 19.9 Å². The van der Waals surface area contributed by atoms with Gasteiger partial charge in [0.25, 0.3) is 5.91 Å². The van der Waals surface area contributed by atoms with Gasteiger partial charge in [-0.1, -0.05) is 57.5 Å². The number of carbonyl (C=O) groups excluding carboxylic acids is 1. The second-order valence-electron chi connectivity index (χ2n) is 9.10. The fraction of sp³-hybridized carbons (Fsp3) is 0.250. The second kappa shape index (κ2) is 11.1. The predicted octanol–water partition coefficient (Wildman–Crippen LogP) is 5.48. The normalized spacial score (nSPS) is 14.5. The highest BCUT2D eigenvalue weighted by atomic mass is 79.9. The van der Waals surface area contributed by atoms with Crippen LogP contribution in [0.15, 0.2) is 83.5 Å². The zero-order chi connectivity index (χ0) is 24.9. The van der Waals surface area contributed by atoms with Crippen molar-refractivity contribution in [2.24, 2.45) is 0 Å². The number of piperidine rings is 1. The fourth-order valence-corrected chi connectivity index (χ4v) is 4.48. The maximum absolute atomic E-state index is 12.6. The number of carbonyl (C=O) groups is 1. The Labute approximate surface area is 219 Å². The van der Waals surface area contributed by atoms with Crippen LogP contribution in [-0.2, 0) is 6.54 Å². The monoisotopic (exact) mass is 545 g/mol. The molecule has 8 heteroatoms. The molecule has 0 radical (unpaired) electrons. The minimum atomic E-state index is -0.291. The molecule has 1 amide bonds. The summed E-state index contributed by atoms with van der Waals surface area (Å²) in [7, 11) is 2.15. The summed E-state index contributed by atoms with van der Waals surface area (Å²) >= 11 is 3.43. The van der Waals surface area contributed by atoms with Crippen LogP contribution in [0.3, 0.4) is 0 Å². The number of aromatic nitrogens is 3. The van der Waals surface area contributed by atoms with Crippen molar-refractivity contribution in [2.45, 2.75) is 25.5 Å². The number of hydrogen-bond donors (Lipinski definition) is 1. The molecular weight excluding hydrogens is 518 g/mol. The summed E-state index contributed by atoms with van der Waals surface area (Å²) in [6.45, 7) is 2.70. The summed E-state index contributed by atoms with van der Waals surface area (Å²) in [4.78, 5) is 15.0. The first-order valence-electron chi connectivity index (χ1n) is 12.0. The molecule has 0 spiro atoms. The molecule has 5 rings (SSSR count). The number of nitrogens with one attached hydrogen (secondary N) is 1. The molecule has 184 valence electrons. The van der Waals surface area contributed by atoms with E-state index in [1.807, 2.05) is 60.7 Å². The highest BCUT2D eigenvalue weighted by Gasteiger charge is 2.18. The summed E-state index contributed by atoms with van der Waals surface area (Å²) in [6.07, 6.45) is 4.07. The molecule has 1 fully saturated rings. The molecule has 0 unspecified atom stereocenters. The van der Waals surface area contributed by atoms with Crippen LogP contribution in [0.2, 0.25) is 0 Å². The molecule has 1 aliphatic heterocycles. The number of amides is 1. The summed E-state index contributed by atoms with van der Waals surface area (Å²) in [5.74, 6) is 0.616. The third kappa shape index (κ3) is 6.19. The molecule has 1 N–H and O–H groups in total. The van der Waals surface area contributed by atoms with Gasteiger partial charge in [-0.2, -0.15) is 0 Å². The zero-order valence-electron chi connectivity index (χ0n) is 20.1. The molecule has 0 aliphatic carbocycles. The summed E-state index contributed by atoms with van der Waals surface area (Å²) in [5.41, 5.74) is 4.22. The molecule has 1 aliphatic rings. The van der Waals surface area contributed by atoms with Crippen LogP contribution < -0.4 is 10.1 Å². The molecule has 4 aromatic rings. The van der Waals surface area contributed by atoms with Gasteiger partial charge in [-0.05, 0) is 73.0 Å². The van der Waals surface area contributed by atoms with Gasteiger partial charge < -0.3 is 15.0 Å². The maximum Gasteiger partial charge on any atom is 0.277 e. The molecule has 0 bridgehead atoms. The lowest BCUT2D eigenvalue weighted by Crippen LogP contribution is -2.35. The number of hydrogen-bond acceptors (Lipinski definition) is 5. The fourth-order valence-electron chi connectivity index (χ4n) is 4.22. The number of nitrogens with zero attached hydrogens (tertiary/aromatic N) is 4. The van der Waals surface area contributed by atoms with Crippen LogP contribution in [-0.4, -0.2) is 52.0 Å². The topological polar surface area (TPSA) is 72.3 Å². The van der Waals surface area contributed by atoms with Crippen LogP contribution in [0.4, 0.5) is 5.69 Å². The van der Waals surface area contributed by atoms with Gasteiger partial charge in [-0.25, -0.2) is 4.68 Å². The highest BCUT2D eigenvalue weighted by molar-refractivity contribution is 9.10. The Morgan fingerprint density at radius 3 is 2.28 bits per heavy atom. The van der Waals surface area contributed by atoms with Gasteiger partial charge in [-0.15, -0.1) is 5.10 Å². The van der Waals surface area contributed by atoms with Crippen molar-refractivity contribution in [1.29, 1.82) is 0 Å². The standard InChI is InChI=1S/C28H28BrN5O2/c1-33-16-14-26(15-17-33)36-25-12-6-22(7-13-25)21-4-10-24(11-5-21)30-28(35)27-19-34(32-31-27)18-20-2-8-23(29)9-3-20/h2-13,19,26H,14-18H2,1H3,(H,30,35). The molecule has 0 saturated carbocycles. The zero-order valence-corrected chi connectivity index (χ0v) is 21.7. The van der Waals surface area contributed by atoms with Crippen molar-refractivity contribution >= 4 is 27.5 Å². The van der Waals surface area contributed by atoms with Crippen LogP contribution in [0.25, 0.3) is 11.1 Å². The Morgan fingerprint density at radius 1 is 0.972 bits per heavy atom. The Hall–Kier alpha value is -3.49. The van der Waals surface area contributed by atoms with Crippen LogP contribution in [0.5, 0.6) is 5.75 Å². The van der Waals surface area contributed by atoms with Gasteiger partial charge in [-0.3, -0.25) is 4.79 Å². The minimum Gasteiger partial charge on any atom is -0.490 e. The lowest BCUT2D eigenvalue weighted by molar-refractivity contribution is 0.102. The average Bonchev–Trinajstić information content (AvgIpc) is 3.37. The van der Waals surface area contributed by atoms with Gasteiger partial charge in [0.1, 0.15) is 11.9 Å². The van der Waals surface area contributed by atoms with Crippen molar-refractivity contribution < 1.29 is 9.53 Å². The summed E-state index contributed by atoms with van der Waals surface area (Å²) in [6, 6.07) is 23.9. The van der Waals surface area contributed by atoms with Gasteiger partial charge in [0, 0.05) is 23.2 Å². The molecule has 3 aromatic carbocycles. The van der Waals surface area contributed by atoms with E-state index in [1.165, 1.54) is 0 Å². The number of benzene rings is 3. The molecule has 7 nitrogen and oxygen atoms in total. The molecule has 1 aromatic heterocycles. The Balaban J connectivity index is 1.16. The van der Waals surface area contributed by atoms with E-state index in [0.29, 0.717) is 12.2 Å². The molecule has 36 heavy (non-hydrogen) atoms. The number of anilines is 1. The van der Waals surface area contributed by atoms with E-state index in [2.05, 4.69) is 55.6 Å². The lowest BCUT2D eigenvalue weighted by Gasteiger charge is -2.29. The number of likely N-dealkylation sites (tertiary alicyclic amines) is 1. The van der Waals surface area contributed by atoms with Crippen LogP contribution in [0, 0.1) is 0 Å².